The van der Waals surface area contributed by atoms with Gasteiger partial charge in [-0.05, 0) is 36.3 Å². The summed E-state index contributed by atoms with van der Waals surface area (Å²) in [6.45, 7) is 2.01. The number of rotatable bonds is 2. The van der Waals surface area contributed by atoms with E-state index in [0.717, 1.165) is 33.4 Å². The number of hydrogen-bond acceptors (Lipinski definition) is 2. The summed E-state index contributed by atoms with van der Waals surface area (Å²) in [5, 5.41) is 8.86. The minimum atomic E-state index is 0.0485. The summed E-state index contributed by atoms with van der Waals surface area (Å²) < 4.78 is 2.02. The molecule has 3 aromatic rings. The molecule has 114 valence electrons. The second-order valence-corrected chi connectivity index (χ2v) is 6.12. The van der Waals surface area contributed by atoms with E-state index in [9.17, 15) is 0 Å². The molecule has 1 unspecified atom stereocenters. The fourth-order valence-corrected chi connectivity index (χ4v) is 3.04. The highest BCUT2D eigenvalue weighted by Crippen LogP contribution is 2.34. The lowest BCUT2D eigenvalue weighted by molar-refractivity contribution is 0.608. The first-order chi connectivity index (χ1) is 11.2. The second kappa shape index (κ2) is 5.60. The minimum Gasteiger partial charge on any atom is -0.340 e. The summed E-state index contributed by atoms with van der Waals surface area (Å²) in [6.07, 6.45) is 2.21. The third-order valence-corrected chi connectivity index (χ3v) is 4.26. The molecule has 4 heteroatoms. The summed E-state index contributed by atoms with van der Waals surface area (Å²) in [7, 11) is 0. The molecule has 1 N–H and O–H groups in total. The molecule has 0 amide bonds. The van der Waals surface area contributed by atoms with Crippen LogP contribution in [0.15, 0.2) is 66.7 Å². The van der Waals surface area contributed by atoms with Crippen molar-refractivity contribution in [3.8, 4) is 0 Å². The molecule has 3 nitrogen and oxygen atoms in total. The molecular weight excluding hydrogens is 306 g/mol. The van der Waals surface area contributed by atoms with E-state index in [-0.39, 0.29) is 6.04 Å². The highest BCUT2D eigenvalue weighted by atomic mass is 35.5. The first-order valence-electron chi connectivity index (χ1n) is 7.56. The number of allylic oxidation sites excluding steroid dienone is 1. The molecule has 0 bridgehead atoms. The van der Waals surface area contributed by atoms with Crippen molar-refractivity contribution < 1.29 is 0 Å². The average molecular weight is 322 g/mol. The lowest BCUT2D eigenvalue weighted by Gasteiger charge is -2.25. The third-order valence-electron chi connectivity index (χ3n) is 4.00. The Labute approximate surface area is 140 Å². The number of benzene rings is 2. The van der Waals surface area contributed by atoms with Crippen LogP contribution in [0, 0.1) is 6.92 Å². The summed E-state index contributed by atoms with van der Waals surface area (Å²) in [4.78, 5) is 0. The van der Waals surface area contributed by atoms with Crippen molar-refractivity contribution in [1.82, 2.24) is 9.78 Å². The molecule has 1 aliphatic rings. The fraction of sp³-hybridized carbons (Fsp3) is 0.105. The maximum absolute atomic E-state index is 6.03. The van der Waals surface area contributed by atoms with Gasteiger partial charge in [-0.1, -0.05) is 54.1 Å². The molecule has 2 heterocycles. The molecule has 0 saturated heterocycles. The van der Waals surface area contributed by atoms with Crippen molar-refractivity contribution in [3.63, 3.8) is 0 Å². The Morgan fingerprint density at radius 1 is 1.04 bits per heavy atom. The number of halogens is 1. The van der Waals surface area contributed by atoms with Crippen LogP contribution in [-0.4, -0.2) is 9.78 Å². The van der Waals surface area contributed by atoms with Gasteiger partial charge in [0, 0.05) is 16.8 Å². The van der Waals surface area contributed by atoms with Gasteiger partial charge in [0.15, 0.2) is 0 Å². The topological polar surface area (TPSA) is 29.9 Å². The zero-order chi connectivity index (χ0) is 15.8. The summed E-state index contributed by atoms with van der Waals surface area (Å²) in [5.74, 6) is 1.00. The van der Waals surface area contributed by atoms with E-state index >= 15 is 0 Å². The SMILES string of the molecule is Cc1cc2n(n1)C(c1ccc(Cl)cc1)C=C(c1ccccc1)N2. The second-order valence-electron chi connectivity index (χ2n) is 5.68. The van der Waals surface area contributed by atoms with E-state index in [0.29, 0.717) is 0 Å². The first-order valence-corrected chi connectivity index (χ1v) is 7.94. The van der Waals surface area contributed by atoms with E-state index in [1.807, 2.05) is 41.9 Å². The number of nitrogens with one attached hydrogen (secondary N) is 1. The van der Waals surface area contributed by atoms with E-state index in [1.54, 1.807) is 0 Å². The molecule has 1 aromatic heterocycles. The van der Waals surface area contributed by atoms with Gasteiger partial charge in [0.05, 0.1) is 11.7 Å². The lowest BCUT2D eigenvalue weighted by atomic mass is 10.0. The third kappa shape index (κ3) is 2.64. The van der Waals surface area contributed by atoms with Gasteiger partial charge in [-0.2, -0.15) is 5.10 Å². The Balaban J connectivity index is 1.83. The number of fused-ring (bicyclic) bond motifs is 1. The van der Waals surface area contributed by atoms with Crippen molar-refractivity contribution in [3.05, 3.63) is 88.6 Å². The lowest BCUT2D eigenvalue weighted by Crippen LogP contribution is -2.19. The molecule has 0 aliphatic carbocycles. The molecule has 0 spiro atoms. The molecular formula is C19H16ClN3. The van der Waals surface area contributed by atoms with Gasteiger partial charge in [-0.15, -0.1) is 0 Å². The van der Waals surface area contributed by atoms with Gasteiger partial charge in [-0.3, -0.25) is 0 Å². The Kier molecular flexibility index (Phi) is 3.43. The minimum absolute atomic E-state index is 0.0485. The molecule has 1 atom stereocenters. The number of hydrogen-bond donors (Lipinski definition) is 1. The molecule has 0 radical (unpaired) electrons. The molecule has 4 rings (SSSR count). The van der Waals surface area contributed by atoms with Crippen LogP contribution in [0.1, 0.15) is 22.9 Å². The summed E-state index contributed by atoms with van der Waals surface area (Å²) in [6, 6.07) is 20.4. The highest BCUT2D eigenvalue weighted by Gasteiger charge is 2.23. The maximum Gasteiger partial charge on any atom is 0.130 e. The summed E-state index contributed by atoms with van der Waals surface area (Å²) in [5.41, 5.74) is 4.41. The van der Waals surface area contributed by atoms with E-state index in [2.05, 4.69) is 46.8 Å². The van der Waals surface area contributed by atoms with Crippen LogP contribution in [0.5, 0.6) is 0 Å². The Hall–Kier alpha value is -2.52. The van der Waals surface area contributed by atoms with Crippen LogP contribution in [0.2, 0.25) is 5.02 Å². The van der Waals surface area contributed by atoms with Crippen molar-refractivity contribution in [2.75, 3.05) is 5.32 Å². The molecule has 0 saturated carbocycles. The van der Waals surface area contributed by atoms with E-state index in [4.69, 9.17) is 11.6 Å². The summed E-state index contributed by atoms with van der Waals surface area (Å²) >= 11 is 6.03. The van der Waals surface area contributed by atoms with Crippen LogP contribution in [-0.2, 0) is 0 Å². The van der Waals surface area contributed by atoms with Crippen LogP contribution in [0.4, 0.5) is 5.82 Å². The van der Waals surface area contributed by atoms with Gasteiger partial charge in [0.1, 0.15) is 5.82 Å². The quantitative estimate of drug-likeness (QED) is 0.727. The highest BCUT2D eigenvalue weighted by molar-refractivity contribution is 6.30. The molecule has 0 fully saturated rings. The van der Waals surface area contributed by atoms with Gasteiger partial charge < -0.3 is 5.32 Å². The number of aryl methyl sites for hydroxylation is 1. The average Bonchev–Trinajstić information content (AvgIpc) is 2.96. The van der Waals surface area contributed by atoms with Crippen LogP contribution in [0.3, 0.4) is 0 Å². The Morgan fingerprint density at radius 3 is 2.52 bits per heavy atom. The standard InChI is InChI=1S/C19H16ClN3/c1-13-11-19-21-17(14-5-3-2-4-6-14)12-18(23(19)22-13)15-7-9-16(20)10-8-15/h2-12,18,21H,1H3. The van der Waals surface area contributed by atoms with Crippen LogP contribution in [0.25, 0.3) is 5.70 Å². The Morgan fingerprint density at radius 2 is 1.78 bits per heavy atom. The van der Waals surface area contributed by atoms with Crippen molar-refractivity contribution >= 4 is 23.1 Å². The normalized spacial score (nSPS) is 16.4. The van der Waals surface area contributed by atoms with Crippen LogP contribution < -0.4 is 5.32 Å². The van der Waals surface area contributed by atoms with Crippen LogP contribution >= 0.6 is 11.6 Å². The van der Waals surface area contributed by atoms with Gasteiger partial charge in [-0.25, -0.2) is 4.68 Å². The van der Waals surface area contributed by atoms with Crippen molar-refractivity contribution in [1.29, 1.82) is 0 Å². The predicted molar refractivity (Wildman–Crippen MR) is 94.6 cm³/mol. The van der Waals surface area contributed by atoms with E-state index < -0.39 is 0 Å². The van der Waals surface area contributed by atoms with Gasteiger partial charge >= 0.3 is 0 Å². The predicted octanol–water partition coefficient (Wildman–Crippen LogP) is 4.90. The smallest absolute Gasteiger partial charge is 0.130 e. The first kappa shape index (κ1) is 14.1. The zero-order valence-corrected chi connectivity index (χ0v) is 13.5. The fourth-order valence-electron chi connectivity index (χ4n) is 2.91. The van der Waals surface area contributed by atoms with Gasteiger partial charge in [0.25, 0.3) is 0 Å². The van der Waals surface area contributed by atoms with E-state index in [1.165, 1.54) is 0 Å². The molecule has 23 heavy (non-hydrogen) atoms. The number of aromatic nitrogens is 2. The monoisotopic (exact) mass is 321 g/mol. The van der Waals surface area contributed by atoms with Gasteiger partial charge in [0.2, 0.25) is 0 Å². The Bertz CT molecular complexity index is 863. The molecule has 2 aromatic carbocycles. The number of nitrogens with zero attached hydrogens (tertiary/aromatic N) is 2. The molecule has 1 aliphatic heterocycles. The zero-order valence-electron chi connectivity index (χ0n) is 12.7. The maximum atomic E-state index is 6.03. The van der Waals surface area contributed by atoms with Crippen molar-refractivity contribution in [2.24, 2.45) is 0 Å². The van der Waals surface area contributed by atoms with Crippen molar-refractivity contribution in [2.45, 2.75) is 13.0 Å². The largest absolute Gasteiger partial charge is 0.340 e. The number of anilines is 1.